The lowest BCUT2D eigenvalue weighted by Gasteiger charge is -2.07. The van der Waals surface area contributed by atoms with Gasteiger partial charge in [0.15, 0.2) is 11.2 Å². The Balaban J connectivity index is 1.90. The monoisotopic (exact) mass is 305 g/mol. The van der Waals surface area contributed by atoms with Crippen LogP contribution in [0.1, 0.15) is 13.3 Å². The summed E-state index contributed by atoms with van der Waals surface area (Å²) in [6, 6.07) is -0.101. The van der Waals surface area contributed by atoms with Crippen molar-refractivity contribution in [3.8, 4) is 5.88 Å². The second kappa shape index (κ2) is 5.64. The van der Waals surface area contributed by atoms with Gasteiger partial charge in [0.05, 0.1) is 13.2 Å². The van der Waals surface area contributed by atoms with Gasteiger partial charge in [-0.3, -0.25) is 4.57 Å². The number of aliphatic hydroxyl groups excluding tert-OH is 2. The lowest BCUT2D eigenvalue weighted by Crippen LogP contribution is -2.24. The van der Waals surface area contributed by atoms with Crippen LogP contribution >= 0.6 is 0 Å². The third-order valence-corrected chi connectivity index (χ3v) is 3.79. The molecule has 8 nitrogen and oxygen atoms in total. The first-order valence-electron chi connectivity index (χ1n) is 7.08. The topological polar surface area (TPSA) is 119 Å². The summed E-state index contributed by atoms with van der Waals surface area (Å²) in [4.78, 5) is 12.6. The molecule has 8 heteroatoms. The highest BCUT2D eigenvalue weighted by Crippen LogP contribution is 2.51. The van der Waals surface area contributed by atoms with E-state index in [4.69, 9.17) is 10.5 Å². The van der Waals surface area contributed by atoms with Gasteiger partial charge in [-0.1, -0.05) is 0 Å². The number of rotatable bonds is 6. The molecule has 1 fully saturated rings. The van der Waals surface area contributed by atoms with Crippen molar-refractivity contribution in [1.29, 1.82) is 0 Å². The highest BCUT2D eigenvalue weighted by Gasteiger charge is 2.48. The van der Waals surface area contributed by atoms with E-state index in [-0.39, 0.29) is 19.3 Å². The van der Waals surface area contributed by atoms with Crippen molar-refractivity contribution in [3.05, 3.63) is 18.2 Å². The largest absolute Gasteiger partial charge is 0.474 e. The maximum Gasteiger partial charge on any atom is 0.245 e. The SMILES string of the molecule is CC(N)COc1ncnc2c1ncn2C=C1CC1(CO)CO. The number of ether oxygens (including phenoxy) is 1. The van der Waals surface area contributed by atoms with Gasteiger partial charge in [0.1, 0.15) is 19.3 Å². The van der Waals surface area contributed by atoms with Crippen LogP contribution in [0, 0.1) is 5.41 Å². The second-order valence-electron chi connectivity index (χ2n) is 5.72. The third kappa shape index (κ3) is 2.56. The minimum absolute atomic E-state index is 0.0697. The van der Waals surface area contributed by atoms with Crippen LogP contribution in [0.3, 0.4) is 0 Å². The molecule has 1 aliphatic carbocycles. The summed E-state index contributed by atoms with van der Waals surface area (Å²) >= 11 is 0. The number of hydrogen-bond donors (Lipinski definition) is 3. The van der Waals surface area contributed by atoms with Crippen LogP contribution in [-0.2, 0) is 0 Å². The molecule has 1 atom stereocenters. The third-order valence-electron chi connectivity index (χ3n) is 3.79. The van der Waals surface area contributed by atoms with Crippen LogP contribution in [0.25, 0.3) is 17.4 Å². The van der Waals surface area contributed by atoms with E-state index in [2.05, 4.69) is 15.0 Å². The summed E-state index contributed by atoms with van der Waals surface area (Å²) in [7, 11) is 0. The van der Waals surface area contributed by atoms with Crippen LogP contribution in [0.4, 0.5) is 0 Å². The highest BCUT2D eigenvalue weighted by atomic mass is 16.5. The molecule has 0 bridgehead atoms. The Bertz CT molecular complexity index is 706. The lowest BCUT2D eigenvalue weighted by atomic mass is 10.1. The first-order valence-corrected chi connectivity index (χ1v) is 7.08. The molecule has 4 N–H and O–H groups in total. The molecular weight excluding hydrogens is 286 g/mol. The van der Waals surface area contributed by atoms with E-state index in [1.807, 2.05) is 13.1 Å². The van der Waals surface area contributed by atoms with Crippen LogP contribution in [0.5, 0.6) is 5.88 Å². The number of imidazole rings is 1. The average molecular weight is 305 g/mol. The fraction of sp³-hybridized carbons (Fsp3) is 0.500. The van der Waals surface area contributed by atoms with Crippen molar-refractivity contribution < 1.29 is 14.9 Å². The Morgan fingerprint density at radius 2 is 2.18 bits per heavy atom. The predicted molar refractivity (Wildman–Crippen MR) is 80.0 cm³/mol. The van der Waals surface area contributed by atoms with E-state index in [0.29, 0.717) is 30.1 Å². The Morgan fingerprint density at radius 1 is 1.41 bits per heavy atom. The summed E-state index contributed by atoms with van der Waals surface area (Å²) in [6.07, 6.45) is 5.53. The highest BCUT2D eigenvalue weighted by molar-refractivity contribution is 5.78. The van der Waals surface area contributed by atoms with Crippen LogP contribution in [-0.4, -0.2) is 55.6 Å². The number of aliphatic hydroxyl groups is 2. The van der Waals surface area contributed by atoms with E-state index in [9.17, 15) is 10.2 Å². The molecule has 1 unspecified atom stereocenters. The van der Waals surface area contributed by atoms with E-state index in [0.717, 1.165) is 5.57 Å². The Labute approximate surface area is 127 Å². The Kier molecular flexibility index (Phi) is 3.81. The van der Waals surface area contributed by atoms with Gasteiger partial charge in [-0.15, -0.1) is 0 Å². The quantitative estimate of drug-likeness (QED) is 0.674. The molecule has 0 aromatic carbocycles. The molecular formula is C14H19N5O3. The molecule has 118 valence electrons. The molecule has 2 aromatic rings. The van der Waals surface area contributed by atoms with Gasteiger partial charge in [-0.25, -0.2) is 9.97 Å². The van der Waals surface area contributed by atoms with Crippen molar-refractivity contribution in [1.82, 2.24) is 19.5 Å². The Morgan fingerprint density at radius 3 is 2.82 bits per heavy atom. The van der Waals surface area contributed by atoms with E-state index < -0.39 is 5.41 Å². The maximum absolute atomic E-state index is 9.35. The molecule has 2 aromatic heterocycles. The molecule has 2 heterocycles. The number of nitrogens with zero attached hydrogens (tertiary/aromatic N) is 4. The smallest absolute Gasteiger partial charge is 0.245 e. The maximum atomic E-state index is 9.35. The second-order valence-corrected chi connectivity index (χ2v) is 5.72. The van der Waals surface area contributed by atoms with Gasteiger partial charge in [-0.05, 0) is 18.9 Å². The van der Waals surface area contributed by atoms with Gasteiger partial charge < -0.3 is 20.7 Å². The average Bonchev–Trinajstić information content (AvgIpc) is 3.07. The summed E-state index contributed by atoms with van der Waals surface area (Å²) in [5.74, 6) is 0.394. The van der Waals surface area contributed by atoms with E-state index in [1.54, 1.807) is 10.9 Å². The fourth-order valence-electron chi connectivity index (χ4n) is 2.28. The molecule has 0 saturated heterocycles. The molecule has 0 radical (unpaired) electrons. The standard InChI is InChI=1S/C14H19N5O3/c1-9(15)4-22-13-11-12(16-7-17-13)19(8-18-11)3-10-2-14(10,5-20)6-21/h3,7-9,20-21H,2,4-6,15H2,1H3. The van der Waals surface area contributed by atoms with Crippen molar-refractivity contribution in [2.45, 2.75) is 19.4 Å². The lowest BCUT2D eigenvalue weighted by molar-refractivity contribution is 0.143. The van der Waals surface area contributed by atoms with Gasteiger partial charge >= 0.3 is 0 Å². The van der Waals surface area contributed by atoms with Crippen LogP contribution in [0.15, 0.2) is 18.2 Å². The van der Waals surface area contributed by atoms with Crippen molar-refractivity contribution in [2.24, 2.45) is 11.1 Å². The number of fused-ring (bicyclic) bond motifs is 1. The first-order chi connectivity index (χ1) is 10.6. The zero-order chi connectivity index (χ0) is 15.7. The predicted octanol–water partition coefficient (Wildman–Crippen LogP) is -0.232. The molecule has 0 amide bonds. The van der Waals surface area contributed by atoms with Crippen molar-refractivity contribution >= 4 is 17.4 Å². The van der Waals surface area contributed by atoms with Gasteiger partial charge in [-0.2, -0.15) is 4.98 Å². The fourth-order valence-corrected chi connectivity index (χ4v) is 2.28. The normalized spacial score (nSPS) is 19.5. The summed E-state index contributed by atoms with van der Waals surface area (Å²) in [5.41, 5.74) is 7.30. The zero-order valence-electron chi connectivity index (χ0n) is 12.3. The van der Waals surface area contributed by atoms with E-state index in [1.165, 1.54) is 6.33 Å². The Hall–Kier alpha value is -2.03. The van der Waals surface area contributed by atoms with E-state index >= 15 is 0 Å². The molecule has 22 heavy (non-hydrogen) atoms. The molecule has 1 aliphatic rings. The minimum atomic E-state index is -0.502. The number of hydrogen-bond acceptors (Lipinski definition) is 7. The molecule has 0 aliphatic heterocycles. The van der Waals surface area contributed by atoms with Gasteiger partial charge in [0.25, 0.3) is 0 Å². The van der Waals surface area contributed by atoms with Crippen molar-refractivity contribution in [2.75, 3.05) is 19.8 Å². The summed E-state index contributed by atoms with van der Waals surface area (Å²) in [5, 5.41) is 18.7. The summed E-state index contributed by atoms with van der Waals surface area (Å²) in [6.45, 7) is 2.05. The molecule has 0 spiro atoms. The number of nitrogens with two attached hydrogens (primary N) is 1. The minimum Gasteiger partial charge on any atom is -0.474 e. The zero-order valence-corrected chi connectivity index (χ0v) is 12.3. The molecule has 3 rings (SSSR count). The van der Waals surface area contributed by atoms with Gasteiger partial charge in [0.2, 0.25) is 5.88 Å². The van der Waals surface area contributed by atoms with Crippen molar-refractivity contribution in [3.63, 3.8) is 0 Å². The van der Waals surface area contributed by atoms with Crippen LogP contribution < -0.4 is 10.5 Å². The molecule has 1 saturated carbocycles. The summed E-state index contributed by atoms with van der Waals surface area (Å²) < 4.78 is 7.29. The van der Waals surface area contributed by atoms with Gasteiger partial charge in [0, 0.05) is 17.7 Å². The first kappa shape index (κ1) is 14.9. The number of aromatic nitrogens is 4. The van der Waals surface area contributed by atoms with Crippen LogP contribution in [0.2, 0.25) is 0 Å².